The van der Waals surface area contributed by atoms with Gasteiger partial charge in [0.25, 0.3) is 15.9 Å². The summed E-state index contributed by atoms with van der Waals surface area (Å²) in [7, 11) is -4.01. The first-order valence-electron chi connectivity index (χ1n) is 13.4. The molecule has 1 aliphatic heterocycles. The molecule has 41 heavy (non-hydrogen) atoms. The predicted molar refractivity (Wildman–Crippen MR) is 153 cm³/mol. The molecule has 0 unspecified atom stereocenters. The molecule has 0 saturated heterocycles. The molecule has 0 radical (unpaired) electrons. The number of carbonyl (C=O) groups excluding carboxylic acids is 3. The van der Waals surface area contributed by atoms with E-state index in [4.69, 9.17) is 0 Å². The van der Waals surface area contributed by atoms with E-state index in [0.29, 0.717) is 0 Å². The number of hydrogen-bond donors (Lipinski definition) is 1. The summed E-state index contributed by atoms with van der Waals surface area (Å²) in [4.78, 5) is 41.4. The van der Waals surface area contributed by atoms with Crippen LogP contribution in [0.3, 0.4) is 0 Å². The van der Waals surface area contributed by atoms with Crippen LogP contribution in [0.1, 0.15) is 55.1 Å². The molecule has 0 fully saturated rings. The molecule has 0 aliphatic carbocycles. The molecular formula is C31H34FN3O5S. The Hall–Kier alpha value is -4.05. The maximum atomic E-state index is 14.7. The Labute approximate surface area is 240 Å². The average Bonchev–Trinajstić information content (AvgIpc) is 3.11. The fraction of sp³-hybridized carbons (Fsp3) is 0.323. The zero-order valence-electron chi connectivity index (χ0n) is 23.3. The van der Waals surface area contributed by atoms with Crippen LogP contribution < -0.4 is 5.32 Å². The molecule has 1 atom stereocenters. The fourth-order valence-electron chi connectivity index (χ4n) is 4.79. The lowest BCUT2D eigenvalue weighted by atomic mass is 10.00. The summed E-state index contributed by atoms with van der Waals surface area (Å²) in [5.74, 6) is -1.99. The molecule has 0 spiro atoms. The van der Waals surface area contributed by atoms with Gasteiger partial charge in [-0.15, -0.1) is 0 Å². The van der Waals surface area contributed by atoms with Crippen molar-refractivity contribution in [3.8, 4) is 0 Å². The number of carbonyl (C=O) groups is 3. The van der Waals surface area contributed by atoms with E-state index in [1.807, 2.05) is 51.1 Å². The van der Waals surface area contributed by atoms with Gasteiger partial charge in [0.1, 0.15) is 16.8 Å². The SMILES string of the molecule is CC(C)(C)NC(=O)[C@H](Cc1ccccc1)N(Cc1ccccc1F)C(=O)CCCN1C(=O)c2ccccc2S1(=O)=O. The second kappa shape index (κ2) is 12.2. The van der Waals surface area contributed by atoms with Crippen molar-refractivity contribution in [2.24, 2.45) is 0 Å². The van der Waals surface area contributed by atoms with E-state index in [0.717, 1.165) is 9.87 Å². The van der Waals surface area contributed by atoms with Crippen molar-refractivity contribution in [3.63, 3.8) is 0 Å². The highest BCUT2D eigenvalue weighted by molar-refractivity contribution is 7.90. The highest BCUT2D eigenvalue weighted by Gasteiger charge is 2.40. The first-order chi connectivity index (χ1) is 19.4. The molecule has 4 rings (SSSR count). The molecule has 1 aliphatic rings. The molecule has 0 bridgehead atoms. The second-order valence-electron chi connectivity index (χ2n) is 11.0. The third kappa shape index (κ3) is 7.00. The topological polar surface area (TPSA) is 104 Å². The molecular weight excluding hydrogens is 545 g/mol. The van der Waals surface area contributed by atoms with Crippen molar-refractivity contribution < 1.29 is 27.2 Å². The van der Waals surface area contributed by atoms with E-state index in [1.54, 1.807) is 30.3 Å². The van der Waals surface area contributed by atoms with Crippen molar-refractivity contribution in [1.29, 1.82) is 0 Å². The Morgan fingerprint density at radius 1 is 0.951 bits per heavy atom. The Kier molecular flexibility index (Phi) is 8.92. The van der Waals surface area contributed by atoms with Gasteiger partial charge in [-0.1, -0.05) is 60.7 Å². The van der Waals surface area contributed by atoms with E-state index in [2.05, 4.69) is 5.32 Å². The van der Waals surface area contributed by atoms with Crippen LogP contribution in [0.4, 0.5) is 4.39 Å². The van der Waals surface area contributed by atoms with E-state index < -0.39 is 45.1 Å². The van der Waals surface area contributed by atoms with Crippen LogP contribution in [0.5, 0.6) is 0 Å². The first kappa shape index (κ1) is 29.9. The van der Waals surface area contributed by atoms with Gasteiger partial charge in [-0.05, 0) is 51.0 Å². The maximum Gasteiger partial charge on any atom is 0.269 e. The number of benzene rings is 3. The normalized spacial score (nSPS) is 14.8. The predicted octanol–water partition coefficient (Wildman–Crippen LogP) is 4.31. The molecule has 0 aromatic heterocycles. The zero-order chi connectivity index (χ0) is 29.8. The highest BCUT2D eigenvalue weighted by atomic mass is 32.2. The average molecular weight is 580 g/mol. The molecule has 3 aromatic carbocycles. The molecule has 1 heterocycles. The van der Waals surface area contributed by atoms with Crippen molar-refractivity contribution >= 4 is 27.7 Å². The van der Waals surface area contributed by atoms with Crippen LogP contribution in [0, 0.1) is 5.82 Å². The lowest BCUT2D eigenvalue weighted by Gasteiger charge is -2.34. The van der Waals surface area contributed by atoms with Gasteiger partial charge in [-0.2, -0.15) is 0 Å². The van der Waals surface area contributed by atoms with Crippen molar-refractivity contribution in [2.45, 2.75) is 63.1 Å². The van der Waals surface area contributed by atoms with Gasteiger partial charge in [0, 0.05) is 37.0 Å². The number of rotatable bonds is 10. The summed E-state index contributed by atoms with van der Waals surface area (Å²) < 4.78 is 41.4. The Morgan fingerprint density at radius 3 is 2.24 bits per heavy atom. The summed E-state index contributed by atoms with van der Waals surface area (Å²) in [6, 6.07) is 20.3. The van der Waals surface area contributed by atoms with Crippen LogP contribution in [0.2, 0.25) is 0 Å². The minimum Gasteiger partial charge on any atom is -0.350 e. The minimum absolute atomic E-state index is 0.0323. The van der Waals surface area contributed by atoms with Gasteiger partial charge >= 0.3 is 0 Å². The molecule has 216 valence electrons. The number of nitrogens with zero attached hydrogens (tertiary/aromatic N) is 2. The van der Waals surface area contributed by atoms with Crippen molar-refractivity contribution in [2.75, 3.05) is 6.54 Å². The molecule has 3 amide bonds. The van der Waals surface area contributed by atoms with Gasteiger partial charge in [0.2, 0.25) is 11.8 Å². The van der Waals surface area contributed by atoms with E-state index in [1.165, 1.54) is 23.1 Å². The molecule has 10 heteroatoms. The maximum absolute atomic E-state index is 14.7. The summed E-state index contributed by atoms with van der Waals surface area (Å²) >= 11 is 0. The number of fused-ring (bicyclic) bond motifs is 1. The lowest BCUT2D eigenvalue weighted by molar-refractivity contribution is -0.142. The van der Waals surface area contributed by atoms with Crippen LogP contribution in [0.15, 0.2) is 83.8 Å². The largest absolute Gasteiger partial charge is 0.350 e. The number of amides is 3. The fourth-order valence-corrected chi connectivity index (χ4v) is 6.39. The highest BCUT2D eigenvalue weighted by Crippen LogP contribution is 2.30. The van der Waals surface area contributed by atoms with Gasteiger partial charge in [-0.3, -0.25) is 14.4 Å². The van der Waals surface area contributed by atoms with Crippen molar-refractivity contribution in [3.05, 3.63) is 101 Å². The van der Waals surface area contributed by atoms with Gasteiger partial charge in [0.05, 0.1) is 5.56 Å². The van der Waals surface area contributed by atoms with Crippen LogP contribution >= 0.6 is 0 Å². The van der Waals surface area contributed by atoms with Crippen molar-refractivity contribution in [1.82, 2.24) is 14.5 Å². The van der Waals surface area contributed by atoms with Crippen LogP contribution in [0.25, 0.3) is 0 Å². The monoisotopic (exact) mass is 579 g/mol. The van der Waals surface area contributed by atoms with E-state index in [-0.39, 0.29) is 48.4 Å². The summed E-state index contributed by atoms with van der Waals surface area (Å²) in [5, 5.41) is 2.94. The quantitative estimate of drug-likeness (QED) is 0.386. The smallest absolute Gasteiger partial charge is 0.269 e. The summed E-state index contributed by atoms with van der Waals surface area (Å²) in [6.07, 6.45) is 0.0694. The van der Waals surface area contributed by atoms with Gasteiger partial charge in [0.15, 0.2) is 0 Å². The summed E-state index contributed by atoms with van der Waals surface area (Å²) in [6.45, 7) is 5.14. The van der Waals surface area contributed by atoms with E-state index >= 15 is 0 Å². The Morgan fingerprint density at radius 2 is 1.59 bits per heavy atom. The third-order valence-electron chi connectivity index (χ3n) is 6.73. The molecule has 1 N–H and O–H groups in total. The standard InChI is InChI=1S/C31H34FN3O5S/c1-31(2,3)33-29(37)26(20-22-12-5-4-6-13-22)34(21-23-14-7-9-16-25(23)32)28(36)18-11-19-35-30(38)24-15-8-10-17-27(24)41(35,39)40/h4-10,12-17,26H,11,18-21H2,1-3H3,(H,33,37)/t26-/m0/s1. The Balaban J connectivity index is 1.59. The number of nitrogens with one attached hydrogen (secondary N) is 1. The van der Waals surface area contributed by atoms with E-state index in [9.17, 15) is 27.2 Å². The Bertz CT molecular complexity index is 1540. The lowest BCUT2D eigenvalue weighted by Crippen LogP contribution is -2.54. The minimum atomic E-state index is -4.01. The third-order valence-corrected chi connectivity index (χ3v) is 8.57. The van der Waals surface area contributed by atoms with Gasteiger partial charge < -0.3 is 10.2 Å². The first-order valence-corrected chi connectivity index (χ1v) is 14.9. The number of halogens is 1. The molecule has 8 nitrogen and oxygen atoms in total. The zero-order valence-corrected chi connectivity index (χ0v) is 24.2. The second-order valence-corrected chi connectivity index (χ2v) is 12.9. The molecule has 3 aromatic rings. The van der Waals surface area contributed by atoms with Crippen LogP contribution in [-0.4, -0.2) is 53.5 Å². The van der Waals surface area contributed by atoms with Gasteiger partial charge in [-0.25, -0.2) is 17.1 Å². The summed E-state index contributed by atoms with van der Waals surface area (Å²) in [5.41, 5.74) is 0.578. The van der Waals surface area contributed by atoms with Crippen LogP contribution in [-0.2, 0) is 32.6 Å². The number of sulfonamides is 1. The number of hydrogen-bond acceptors (Lipinski definition) is 5. The molecule has 0 saturated carbocycles.